The van der Waals surface area contributed by atoms with E-state index in [-0.39, 0.29) is 17.1 Å². The smallest absolute Gasteiger partial charge is 0.308 e. The minimum absolute atomic E-state index is 0.0201. The maximum atomic E-state index is 13.2. The molecule has 0 fully saturated rings. The molecule has 1 aromatic rings. The van der Waals surface area contributed by atoms with Crippen LogP contribution in [-0.2, 0) is 4.79 Å². The third-order valence-corrected chi connectivity index (χ3v) is 2.98. The van der Waals surface area contributed by atoms with Crippen molar-refractivity contribution in [2.75, 3.05) is 6.54 Å². The van der Waals surface area contributed by atoms with E-state index in [2.05, 4.69) is 5.32 Å². The summed E-state index contributed by atoms with van der Waals surface area (Å²) in [5.41, 5.74) is 0.113. The first-order valence-electron chi connectivity index (χ1n) is 5.91. The van der Waals surface area contributed by atoms with E-state index in [9.17, 15) is 14.0 Å². The van der Waals surface area contributed by atoms with Gasteiger partial charge in [-0.2, -0.15) is 0 Å². The molecule has 1 amide bonds. The Bertz CT molecular complexity index is 479. The molecule has 0 aliphatic heterocycles. The Morgan fingerprint density at radius 1 is 1.47 bits per heavy atom. The van der Waals surface area contributed by atoms with E-state index in [1.807, 2.05) is 6.92 Å². The van der Waals surface area contributed by atoms with Gasteiger partial charge in [0.05, 0.1) is 10.9 Å². The Kier molecular flexibility index (Phi) is 5.76. The summed E-state index contributed by atoms with van der Waals surface area (Å²) in [6.45, 7) is 1.89. The second-order valence-corrected chi connectivity index (χ2v) is 4.57. The number of carbonyl (C=O) groups is 2. The largest absolute Gasteiger partial charge is 0.481 e. The van der Waals surface area contributed by atoms with Crippen LogP contribution in [0.2, 0.25) is 5.02 Å². The van der Waals surface area contributed by atoms with Crippen LogP contribution < -0.4 is 5.32 Å². The van der Waals surface area contributed by atoms with Crippen LogP contribution >= 0.6 is 11.6 Å². The zero-order valence-electron chi connectivity index (χ0n) is 10.5. The first kappa shape index (κ1) is 15.4. The molecule has 4 nitrogen and oxygen atoms in total. The highest BCUT2D eigenvalue weighted by molar-refractivity contribution is 6.30. The third kappa shape index (κ3) is 4.52. The molecule has 0 heterocycles. The first-order valence-corrected chi connectivity index (χ1v) is 6.29. The minimum Gasteiger partial charge on any atom is -0.481 e. The van der Waals surface area contributed by atoms with E-state index in [1.54, 1.807) is 0 Å². The van der Waals surface area contributed by atoms with Gasteiger partial charge < -0.3 is 10.4 Å². The Balaban J connectivity index is 2.63. The topological polar surface area (TPSA) is 66.4 Å². The van der Waals surface area contributed by atoms with Crippen molar-refractivity contribution in [3.8, 4) is 0 Å². The highest BCUT2D eigenvalue weighted by atomic mass is 35.5. The second-order valence-electron chi connectivity index (χ2n) is 4.16. The molecular weight excluding hydrogens is 273 g/mol. The summed E-state index contributed by atoms with van der Waals surface area (Å²) in [5.74, 6) is -2.79. The van der Waals surface area contributed by atoms with Crippen LogP contribution in [0.25, 0.3) is 0 Å². The summed E-state index contributed by atoms with van der Waals surface area (Å²) in [6, 6.07) is 3.69. The van der Waals surface area contributed by atoms with Gasteiger partial charge in [0.1, 0.15) is 5.82 Å². The predicted molar refractivity (Wildman–Crippen MR) is 69.8 cm³/mol. The van der Waals surface area contributed by atoms with E-state index >= 15 is 0 Å². The van der Waals surface area contributed by atoms with Crippen molar-refractivity contribution in [3.63, 3.8) is 0 Å². The van der Waals surface area contributed by atoms with Gasteiger partial charge in [0.2, 0.25) is 0 Å². The Morgan fingerprint density at radius 2 is 2.16 bits per heavy atom. The molecule has 1 atom stereocenters. The number of carbonyl (C=O) groups excluding carboxylic acids is 1. The summed E-state index contributed by atoms with van der Waals surface area (Å²) < 4.78 is 13.2. The van der Waals surface area contributed by atoms with Gasteiger partial charge in [0, 0.05) is 12.1 Å². The predicted octanol–water partition coefficient (Wildman–Crippen LogP) is 2.71. The summed E-state index contributed by atoms with van der Waals surface area (Å²) in [4.78, 5) is 22.6. The average molecular weight is 288 g/mol. The van der Waals surface area contributed by atoms with Crippen LogP contribution in [0.1, 0.15) is 30.1 Å². The molecule has 0 aliphatic carbocycles. The van der Waals surface area contributed by atoms with Crippen molar-refractivity contribution in [3.05, 3.63) is 34.6 Å². The van der Waals surface area contributed by atoms with Crippen molar-refractivity contribution in [1.82, 2.24) is 5.32 Å². The van der Waals surface area contributed by atoms with Crippen LogP contribution in [-0.4, -0.2) is 23.5 Å². The van der Waals surface area contributed by atoms with E-state index < -0.39 is 23.6 Å². The number of carboxylic acids is 1. The van der Waals surface area contributed by atoms with Crippen molar-refractivity contribution in [1.29, 1.82) is 0 Å². The maximum absolute atomic E-state index is 13.2. The fraction of sp³-hybridized carbons (Fsp3) is 0.385. The van der Waals surface area contributed by atoms with E-state index in [1.165, 1.54) is 12.1 Å². The summed E-state index contributed by atoms with van der Waals surface area (Å²) in [6.07, 6.45) is 1.19. The Hall–Kier alpha value is -1.62. The normalized spacial score (nSPS) is 11.9. The lowest BCUT2D eigenvalue weighted by molar-refractivity contribution is -0.141. The number of nitrogens with one attached hydrogen (secondary N) is 1. The molecular formula is C13H15ClFNO3. The zero-order chi connectivity index (χ0) is 14.4. The monoisotopic (exact) mass is 287 g/mol. The number of aliphatic carboxylic acids is 1. The number of halogens is 2. The van der Waals surface area contributed by atoms with Crippen molar-refractivity contribution < 1.29 is 19.1 Å². The average Bonchev–Trinajstić information content (AvgIpc) is 2.37. The lowest BCUT2D eigenvalue weighted by Crippen LogP contribution is -2.32. The summed E-state index contributed by atoms with van der Waals surface area (Å²) >= 11 is 5.51. The van der Waals surface area contributed by atoms with E-state index in [0.29, 0.717) is 12.8 Å². The molecule has 0 spiro atoms. The van der Waals surface area contributed by atoms with Crippen LogP contribution in [0, 0.1) is 11.7 Å². The van der Waals surface area contributed by atoms with Gasteiger partial charge in [0.25, 0.3) is 5.91 Å². The zero-order valence-corrected chi connectivity index (χ0v) is 11.2. The van der Waals surface area contributed by atoms with Crippen molar-refractivity contribution in [2.45, 2.75) is 19.8 Å². The molecule has 0 saturated heterocycles. The summed E-state index contributed by atoms with van der Waals surface area (Å²) in [7, 11) is 0. The number of hydrogen-bond acceptors (Lipinski definition) is 2. The molecule has 1 unspecified atom stereocenters. The van der Waals surface area contributed by atoms with Gasteiger partial charge in [-0.05, 0) is 24.6 Å². The quantitative estimate of drug-likeness (QED) is 0.845. The maximum Gasteiger partial charge on any atom is 0.308 e. The van der Waals surface area contributed by atoms with Gasteiger partial charge in [0.15, 0.2) is 0 Å². The Labute approximate surface area is 115 Å². The lowest BCUT2D eigenvalue weighted by atomic mass is 10.0. The number of hydrogen-bond donors (Lipinski definition) is 2. The van der Waals surface area contributed by atoms with Crippen LogP contribution in [0.15, 0.2) is 18.2 Å². The SMILES string of the molecule is CCCC(CNC(=O)c1ccc(Cl)c(F)c1)C(=O)O. The molecule has 1 aromatic carbocycles. The number of benzene rings is 1. The second kappa shape index (κ2) is 7.09. The molecule has 2 N–H and O–H groups in total. The molecule has 6 heteroatoms. The van der Waals surface area contributed by atoms with E-state index in [0.717, 1.165) is 6.07 Å². The first-order chi connectivity index (χ1) is 8.95. The van der Waals surface area contributed by atoms with Crippen molar-refractivity contribution in [2.24, 2.45) is 5.92 Å². The standard InChI is InChI=1S/C13H15ClFNO3/c1-2-3-9(13(18)19)7-16-12(17)8-4-5-10(14)11(15)6-8/h4-6,9H,2-3,7H2,1H3,(H,16,17)(H,18,19). The molecule has 0 bridgehead atoms. The molecule has 0 aliphatic rings. The molecule has 0 saturated carbocycles. The molecule has 0 radical (unpaired) electrons. The summed E-state index contributed by atoms with van der Waals surface area (Å²) in [5, 5.41) is 11.4. The molecule has 104 valence electrons. The van der Waals surface area contributed by atoms with Gasteiger partial charge in [-0.3, -0.25) is 9.59 Å². The number of amides is 1. The van der Waals surface area contributed by atoms with Gasteiger partial charge >= 0.3 is 5.97 Å². The highest BCUT2D eigenvalue weighted by Crippen LogP contribution is 2.15. The van der Waals surface area contributed by atoms with Crippen LogP contribution in [0.5, 0.6) is 0 Å². The van der Waals surface area contributed by atoms with Gasteiger partial charge in [-0.25, -0.2) is 4.39 Å². The van der Waals surface area contributed by atoms with Crippen LogP contribution in [0.3, 0.4) is 0 Å². The third-order valence-electron chi connectivity index (χ3n) is 2.68. The van der Waals surface area contributed by atoms with Crippen molar-refractivity contribution >= 4 is 23.5 Å². The highest BCUT2D eigenvalue weighted by Gasteiger charge is 2.18. The number of rotatable bonds is 6. The molecule has 19 heavy (non-hydrogen) atoms. The lowest BCUT2D eigenvalue weighted by Gasteiger charge is -2.12. The Morgan fingerprint density at radius 3 is 2.68 bits per heavy atom. The number of carboxylic acid groups (broad SMARTS) is 1. The molecule has 1 rings (SSSR count). The van der Waals surface area contributed by atoms with Crippen LogP contribution in [0.4, 0.5) is 4.39 Å². The fourth-order valence-corrected chi connectivity index (χ4v) is 1.73. The minimum atomic E-state index is -0.954. The van der Waals surface area contributed by atoms with Gasteiger partial charge in [-0.15, -0.1) is 0 Å². The van der Waals surface area contributed by atoms with Gasteiger partial charge in [-0.1, -0.05) is 24.9 Å². The van der Waals surface area contributed by atoms with E-state index in [4.69, 9.17) is 16.7 Å². The fourth-order valence-electron chi connectivity index (χ4n) is 1.62. The molecule has 0 aromatic heterocycles.